The number of aromatic nitrogens is 2. The van der Waals surface area contributed by atoms with Crippen molar-refractivity contribution in [2.75, 3.05) is 17.1 Å². The first-order valence-corrected chi connectivity index (χ1v) is 13.0. The average molecular weight is 519 g/mol. The number of ether oxygens (including phenoxy) is 2. The number of nitrogens with zero attached hydrogens (tertiary/aromatic N) is 2. The molecule has 9 nitrogen and oxygen atoms in total. The lowest BCUT2D eigenvalue weighted by atomic mass is 10.1. The van der Waals surface area contributed by atoms with E-state index in [-0.39, 0.29) is 22.5 Å². The van der Waals surface area contributed by atoms with Crippen LogP contribution in [0, 0.1) is 0 Å². The topological polar surface area (TPSA) is 120 Å². The van der Waals surface area contributed by atoms with Crippen LogP contribution in [0.4, 0.5) is 11.5 Å². The van der Waals surface area contributed by atoms with Gasteiger partial charge in [0.05, 0.1) is 12.0 Å². The summed E-state index contributed by atoms with van der Waals surface area (Å²) in [6.45, 7) is 1.85. The molecule has 0 spiro atoms. The van der Waals surface area contributed by atoms with Gasteiger partial charge in [-0.3, -0.25) is 9.52 Å². The standard InChI is InChI=1S/C27H26N4O5S/c1-3-24(36-22-13-9-20(10-14-22)19-7-5-4-6-8-19)27(32)30-21-11-15-23(16-12-21)37(33,34)31-25-17-26(35-2)29-18-28-25/h4-18,24H,3H2,1-2H3,(H,30,32)(H,28,29,31). The summed E-state index contributed by atoms with van der Waals surface area (Å²) < 4.78 is 38.6. The Hall–Kier alpha value is -4.44. The number of anilines is 2. The van der Waals surface area contributed by atoms with E-state index in [1.807, 2.05) is 61.5 Å². The number of amides is 1. The first kappa shape index (κ1) is 25.6. The van der Waals surface area contributed by atoms with Crippen molar-refractivity contribution in [2.24, 2.45) is 0 Å². The molecule has 1 aromatic heterocycles. The van der Waals surface area contributed by atoms with Crippen LogP contribution in [0.15, 0.2) is 96.2 Å². The summed E-state index contributed by atoms with van der Waals surface area (Å²) in [5.74, 6) is 0.543. The highest BCUT2D eigenvalue weighted by Gasteiger charge is 2.20. The maximum Gasteiger partial charge on any atom is 0.265 e. The number of carbonyl (C=O) groups excluding carboxylic acids is 1. The minimum Gasteiger partial charge on any atom is -0.481 e. The number of hydrogen-bond acceptors (Lipinski definition) is 7. The van der Waals surface area contributed by atoms with Gasteiger partial charge < -0.3 is 14.8 Å². The van der Waals surface area contributed by atoms with E-state index in [0.717, 1.165) is 11.1 Å². The summed E-state index contributed by atoms with van der Waals surface area (Å²) in [6, 6.07) is 24.7. The summed E-state index contributed by atoms with van der Waals surface area (Å²) in [5.41, 5.74) is 2.58. The lowest BCUT2D eigenvalue weighted by molar-refractivity contribution is -0.122. The van der Waals surface area contributed by atoms with E-state index in [9.17, 15) is 13.2 Å². The zero-order valence-electron chi connectivity index (χ0n) is 20.3. The lowest BCUT2D eigenvalue weighted by Gasteiger charge is -2.18. The Labute approximate surface area is 215 Å². The Bertz CT molecular complexity index is 1440. The first-order valence-electron chi connectivity index (χ1n) is 11.5. The molecule has 190 valence electrons. The highest BCUT2D eigenvalue weighted by molar-refractivity contribution is 7.92. The van der Waals surface area contributed by atoms with Gasteiger partial charge in [0.25, 0.3) is 15.9 Å². The highest BCUT2D eigenvalue weighted by atomic mass is 32.2. The Morgan fingerprint density at radius 2 is 1.59 bits per heavy atom. The van der Waals surface area contributed by atoms with Crippen LogP contribution in [0.2, 0.25) is 0 Å². The average Bonchev–Trinajstić information content (AvgIpc) is 2.92. The summed E-state index contributed by atoms with van der Waals surface area (Å²) in [7, 11) is -2.48. The Morgan fingerprint density at radius 3 is 2.24 bits per heavy atom. The number of nitrogens with one attached hydrogen (secondary N) is 2. The van der Waals surface area contributed by atoms with Crippen molar-refractivity contribution < 1.29 is 22.7 Å². The number of rotatable bonds is 10. The predicted octanol–water partition coefficient (Wildman–Crippen LogP) is 4.75. The van der Waals surface area contributed by atoms with Gasteiger partial charge in [-0.1, -0.05) is 49.4 Å². The maximum absolute atomic E-state index is 12.8. The van der Waals surface area contributed by atoms with Gasteiger partial charge in [-0.05, 0) is 53.9 Å². The van der Waals surface area contributed by atoms with E-state index in [1.54, 1.807) is 0 Å². The van der Waals surface area contributed by atoms with Gasteiger partial charge in [0.1, 0.15) is 17.9 Å². The third kappa shape index (κ3) is 6.62. The Kier molecular flexibility index (Phi) is 7.99. The first-order chi connectivity index (χ1) is 17.9. The minimum absolute atomic E-state index is 0.00451. The summed E-state index contributed by atoms with van der Waals surface area (Å²) in [5, 5.41) is 2.78. The van der Waals surface area contributed by atoms with Gasteiger partial charge in [0, 0.05) is 11.8 Å². The molecule has 1 unspecified atom stereocenters. The maximum atomic E-state index is 12.8. The molecule has 0 fully saturated rings. The molecule has 1 amide bonds. The van der Waals surface area contributed by atoms with Crippen molar-refractivity contribution in [1.82, 2.24) is 9.97 Å². The smallest absolute Gasteiger partial charge is 0.265 e. The van der Waals surface area contributed by atoms with E-state index >= 15 is 0 Å². The summed E-state index contributed by atoms with van der Waals surface area (Å²) in [4.78, 5) is 20.6. The fourth-order valence-corrected chi connectivity index (χ4v) is 4.49. The van der Waals surface area contributed by atoms with Crippen molar-refractivity contribution in [3.8, 4) is 22.8 Å². The number of sulfonamides is 1. The molecule has 10 heteroatoms. The number of hydrogen-bond donors (Lipinski definition) is 2. The zero-order valence-corrected chi connectivity index (χ0v) is 21.1. The van der Waals surface area contributed by atoms with Crippen LogP contribution < -0.4 is 19.5 Å². The van der Waals surface area contributed by atoms with Crippen LogP contribution in [0.3, 0.4) is 0 Å². The molecule has 0 aliphatic carbocycles. The van der Waals surface area contributed by atoms with E-state index in [4.69, 9.17) is 9.47 Å². The van der Waals surface area contributed by atoms with Gasteiger partial charge in [-0.15, -0.1) is 0 Å². The number of methoxy groups -OCH3 is 1. The van der Waals surface area contributed by atoms with Gasteiger partial charge in [-0.25, -0.2) is 18.4 Å². The van der Waals surface area contributed by atoms with Crippen molar-refractivity contribution in [1.29, 1.82) is 0 Å². The van der Waals surface area contributed by atoms with Crippen molar-refractivity contribution in [3.05, 3.63) is 91.3 Å². The third-order valence-electron chi connectivity index (χ3n) is 5.43. The molecule has 0 saturated carbocycles. The monoisotopic (exact) mass is 518 g/mol. The second kappa shape index (κ2) is 11.5. The van der Waals surface area contributed by atoms with E-state index < -0.39 is 16.1 Å². The van der Waals surface area contributed by atoms with Crippen LogP contribution in [0.5, 0.6) is 11.6 Å². The third-order valence-corrected chi connectivity index (χ3v) is 6.80. The molecule has 37 heavy (non-hydrogen) atoms. The predicted molar refractivity (Wildman–Crippen MR) is 141 cm³/mol. The molecule has 0 aliphatic rings. The largest absolute Gasteiger partial charge is 0.481 e. The van der Waals surface area contributed by atoms with Crippen LogP contribution in [-0.2, 0) is 14.8 Å². The zero-order chi connectivity index (χ0) is 26.3. The molecular formula is C27H26N4O5S. The van der Waals surface area contributed by atoms with Crippen molar-refractivity contribution >= 4 is 27.4 Å². The van der Waals surface area contributed by atoms with E-state index in [2.05, 4.69) is 20.0 Å². The number of benzene rings is 3. The van der Waals surface area contributed by atoms with Gasteiger partial charge in [0.15, 0.2) is 6.10 Å². The van der Waals surface area contributed by atoms with E-state index in [1.165, 1.54) is 43.8 Å². The normalized spacial score (nSPS) is 11.8. The SMILES string of the molecule is CCC(Oc1ccc(-c2ccccc2)cc1)C(=O)Nc1ccc(S(=O)(=O)Nc2cc(OC)ncn2)cc1. The fraction of sp³-hybridized carbons (Fsp3) is 0.148. The van der Waals surface area contributed by atoms with Crippen LogP contribution in [0.25, 0.3) is 11.1 Å². The Balaban J connectivity index is 1.38. The molecule has 0 radical (unpaired) electrons. The lowest BCUT2D eigenvalue weighted by Crippen LogP contribution is -2.32. The van der Waals surface area contributed by atoms with Gasteiger partial charge in [0.2, 0.25) is 5.88 Å². The molecule has 4 rings (SSSR count). The molecular weight excluding hydrogens is 492 g/mol. The van der Waals surface area contributed by atoms with Gasteiger partial charge >= 0.3 is 0 Å². The van der Waals surface area contributed by atoms with Gasteiger partial charge in [-0.2, -0.15) is 0 Å². The fourth-order valence-electron chi connectivity index (χ4n) is 3.49. The highest BCUT2D eigenvalue weighted by Crippen LogP contribution is 2.24. The van der Waals surface area contributed by atoms with Crippen LogP contribution >= 0.6 is 0 Å². The number of carbonyl (C=O) groups is 1. The van der Waals surface area contributed by atoms with Crippen molar-refractivity contribution in [3.63, 3.8) is 0 Å². The van der Waals surface area contributed by atoms with E-state index in [0.29, 0.717) is 17.9 Å². The summed E-state index contributed by atoms with van der Waals surface area (Å²) >= 11 is 0. The van der Waals surface area contributed by atoms with Crippen LogP contribution in [0.1, 0.15) is 13.3 Å². The quantitative estimate of drug-likeness (QED) is 0.311. The molecule has 3 aromatic carbocycles. The second-order valence-corrected chi connectivity index (χ2v) is 9.65. The molecule has 1 heterocycles. The molecule has 2 N–H and O–H groups in total. The van der Waals surface area contributed by atoms with Crippen LogP contribution in [-0.4, -0.2) is 37.5 Å². The minimum atomic E-state index is -3.90. The molecule has 0 aliphatic heterocycles. The summed E-state index contributed by atoms with van der Waals surface area (Å²) in [6.07, 6.45) is 0.921. The molecule has 4 aromatic rings. The van der Waals surface area contributed by atoms with Crippen molar-refractivity contribution in [2.45, 2.75) is 24.3 Å². The molecule has 0 saturated heterocycles. The molecule has 1 atom stereocenters. The Morgan fingerprint density at radius 1 is 0.919 bits per heavy atom. The second-order valence-electron chi connectivity index (χ2n) is 7.97. The molecule has 0 bridgehead atoms.